The van der Waals surface area contributed by atoms with E-state index in [1.807, 2.05) is 26.0 Å². The van der Waals surface area contributed by atoms with Gasteiger partial charge in [-0.25, -0.2) is 0 Å². The van der Waals surface area contributed by atoms with Gasteiger partial charge in [0.2, 0.25) is 6.41 Å². The predicted octanol–water partition coefficient (Wildman–Crippen LogP) is 5.96. The third-order valence-electron chi connectivity index (χ3n) is 5.44. The van der Waals surface area contributed by atoms with Crippen LogP contribution >= 0.6 is 23.2 Å². The summed E-state index contributed by atoms with van der Waals surface area (Å²) in [6, 6.07) is 7.38. The van der Waals surface area contributed by atoms with Crippen molar-refractivity contribution in [2.75, 3.05) is 25.6 Å². The number of allylic oxidation sites excluding steroid dienone is 4. The Kier molecular flexibility index (Phi) is 18.8. The Morgan fingerprint density at radius 2 is 1.72 bits per heavy atom. The van der Waals surface area contributed by atoms with Crippen molar-refractivity contribution < 1.29 is 28.7 Å². The zero-order valence-corrected chi connectivity index (χ0v) is 24.5. The van der Waals surface area contributed by atoms with Gasteiger partial charge in [-0.15, -0.1) is 0 Å². The highest BCUT2D eigenvalue weighted by molar-refractivity contribution is 6.41. The first kappa shape index (κ1) is 35.6. The zero-order valence-electron chi connectivity index (χ0n) is 23.0. The van der Waals surface area contributed by atoms with Crippen molar-refractivity contribution in [1.29, 1.82) is 0 Å². The van der Waals surface area contributed by atoms with Gasteiger partial charge in [-0.3, -0.25) is 19.2 Å². The summed E-state index contributed by atoms with van der Waals surface area (Å²) in [7, 11) is 1.26. The minimum absolute atomic E-state index is 0.00217. The van der Waals surface area contributed by atoms with E-state index in [-0.39, 0.29) is 34.1 Å². The molecule has 8 nitrogen and oxygen atoms in total. The molecule has 2 N–H and O–H groups in total. The first-order valence-electron chi connectivity index (χ1n) is 12.3. The number of nitrogens with one attached hydrogen (secondary N) is 2. The van der Waals surface area contributed by atoms with E-state index in [0.717, 1.165) is 31.2 Å². The van der Waals surface area contributed by atoms with Gasteiger partial charge in [0.15, 0.2) is 0 Å². The molecule has 1 aliphatic carbocycles. The van der Waals surface area contributed by atoms with Crippen LogP contribution in [0.4, 0.5) is 5.69 Å². The number of halogens is 2. The maximum absolute atomic E-state index is 12.0. The van der Waals surface area contributed by atoms with Crippen LogP contribution < -0.4 is 10.6 Å². The quantitative estimate of drug-likeness (QED) is 0.123. The number of hydrogen-bond donors (Lipinski definition) is 2. The summed E-state index contributed by atoms with van der Waals surface area (Å²) < 4.78 is 9.18. The molecule has 0 spiro atoms. The lowest BCUT2D eigenvalue weighted by atomic mass is 9.86. The van der Waals surface area contributed by atoms with Crippen molar-refractivity contribution in [3.8, 4) is 0 Å². The second kappa shape index (κ2) is 20.6. The Labute approximate surface area is 241 Å². The fraction of sp³-hybridized carbons (Fsp3) is 0.379. The fourth-order valence-electron chi connectivity index (χ4n) is 3.26. The molecule has 39 heavy (non-hydrogen) atoms. The molecule has 0 unspecified atom stereocenters. The molecule has 1 saturated carbocycles. The number of methoxy groups -OCH3 is 1. The number of benzene rings is 1. The van der Waals surface area contributed by atoms with E-state index in [4.69, 9.17) is 27.9 Å². The average Bonchev–Trinajstić information content (AvgIpc) is 2.93. The van der Waals surface area contributed by atoms with E-state index in [1.165, 1.54) is 18.8 Å². The van der Waals surface area contributed by atoms with Crippen molar-refractivity contribution in [2.45, 2.75) is 46.5 Å². The van der Waals surface area contributed by atoms with Gasteiger partial charge in [-0.05, 0) is 64.7 Å². The molecule has 0 heterocycles. The summed E-state index contributed by atoms with van der Waals surface area (Å²) in [4.78, 5) is 43.0. The SMILES string of the molecule is C=C/C(Cl)=C(\C(=C)Cl)C(=O)Nc1ccc(C)cc1.CC=C1CCC(C(=O)OCC)CC1.COC(=O)CNC=O. The van der Waals surface area contributed by atoms with Gasteiger partial charge in [-0.1, -0.05) is 65.7 Å². The van der Waals surface area contributed by atoms with E-state index in [9.17, 15) is 19.2 Å². The summed E-state index contributed by atoms with van der Waals surface area (Å²) in [5.41, 5.74) is 3.37. The molecule has 0 atom stereocenters. The third-order valence-corrected chi connectivity index (χ3v) is 5.97. The Balaban J connectivity index is 0.000000602. The van der Waals surface area contributed by atoms with Crippen molar-refractivity contribution in [3.05, 3.63) is 76.3 Å². The van der Waals surface area contributed by atoms with Crippen LogP contribution in [0.2, 0.25) is 0 Å². The van der Waals surface area contributed by atoms with Gasteiger partial charge in [0.25, 0.3) is 5.91 Å². The van der Waals surface area contributed by atoms with Gasteiger partial charge in [0, 0.05) is 10.7 Å². The van der Waals surface area contributed by atoms with Crippen LogP contribution in [0.15, 0.2) is 70.8 Å². The van der Waals surface area contributed by atoms with E-state index in [1.54, 1.807) is 12.1 Å². The highest BCUT2D eigenvalue weighted by Crippen LogP contribution is 2.28. The molecule has 1 aliphatic rings. The number of ether oxygens (including phenoxy) is 2. The lowest BCUT2D eigenvalue weighted by molar-refractivity contribution is -0.148. The molecule has 0 aromatic heterocycles. The molecule has 1 aromatic rings. The second-order valence-electron chi connectivity index (χ2n) is 8.20. The van der Waals surface area contributed by atoms with E-state index in [2.05, 4.69) is 41.5 Å². The van der Waals surface area contributed by atoms with Crippen LogP contribution in [0.25, 0.3) is 0 Å². The van der Waals surface area contributed by atoms with Crippen LogP contribution in [0, 0.1) is 12.8 Å². The minimum atomic E-state index is -0.447. The van der Waals surface area contributed by atoms with Gasteiger partial charge in [0.05, 0.1) is 30.2 Å². The van der Waals surface area contributed by atoms with Gasteiger partial charge in [0.1, 0.15) is 6.54 Å². The number of aryl methyl sites for hydroxylation is 1. The minimum Gasteiger partial charge on any atom is -0.468 e. The molecule has 2 rings (SSSR count). The lowest BCUT2D eigenvalue weighted by Gasteiger charge is -2.21. The normalized spacial score (nSPS) is 14.4. The van der Waals surface area contributed by atoms with Gasteiger partial charge >= 0.3 is 11.9 Å². The number of hydrogen-bond acceptors (Lipinski definition) is 6. The Morgan fingerprint density at radius 1 is 1.13 bits per heavy atom. The number of amides is 2. The monoisotopic (exact) mass is 580 g/mol. The number of rotatable bonds is 9. The van der Waals surface area contributed by atoms with Crippen molar-refractivity contribution >= 4 is 53.1 Å². The summed E-state index contributed by atoms with van der Waals surface area (Å²) >= 11 is 11.6. The molecule has 1 fully saturated rings. The number of esters is 2. The molecule has 0 radical (unpaired) electrons. The third kappa shape index (κ3) is 15.0. The van der Waals surface area contributed by atoms with E-state index in [0.29, 0.717) is 18.7 Å². The largest absolute Gasteiger partial charge is 0.468 e. The van der Waals surface area contributed by atoms with Gasteiger partial charge in [-0.2, -0.15) is 0 Å². The van der Waals surface area contributed by atoms with Crippen LogP contribution in [0.5, 0.6) is 0 Å². The molecule has 2 amide bonds. The zero-order chi connectivity index (χ0) is 29.8. The van der Waals surface area contributed by atoms with Crippen LogP contribution in [-0.2, 0) is 28.7 Å². The smallest absolute Gasteiger partial charge is 0.325 e. The molecule has 1 aromatic carbocycles. The van der Waals surface area contributed by atoms with E-state index < -0.39 is 11.9 Å². The number of carbonyl (C=O) groups is 4. The number of carbonyl (C=O) groups excluding carboxylic acids is 4. The maximum atomic E-state index is 12.0. The molecule has 10 heteroatoms. The molecular weight excluding hydrogens is 543 g/mol. The first-order valence-corrected chi connectivity index (χ1v) is 13.1. The van der Waals surface area contributed by atoms with Crippen molar-refractivity contribution in [1.82, 2.24) is 5.32 Å². The molecule has 0 aliphatic heterocycles. The van der Waals surface area contributed by atoms with E-state index >= 15 is 0 Å². The highest BCUT2D eigenvalue weighted by atomic mass is 35.5. The summed E-state index contributed by atoms with van der Waals surface area (Å²) in [6.07, 6.45) is 8.04. The van der Waals surface area contributed by atoms with Gasteiger partial charge < -0.3 is 20.1 Å². The Bertz CT molecular complexity index is 1040. The first-order chi connectivity index (χ1) is 18.5. The van der Waals surface area contributed by atoms with Crippen molar-refractivity contribution in [3.63, 3.8) is 0 Å². The second-order valence-corrected chi connectivity index (χ2v) is 9.06. The van der Waals surface area contributed by atoms with Crippen LogP contribution in [0.1, 0.15) is 45.1 Å². The Hall–Kier alpha value is -3.36. The highest BCUT2D eigenvalue weighted by Gasteiger charge is 2.23. The van der Waals surface area contributed by atoms with Crippen LogP contribution in [0.3, 0.4) is 0 Å². The summed E-state index contributed by atoms with van der Waals surface area (Å²) in [6.45, 7) is 13.4. The molecule has 0 bridgehead atoms. The predicted molar refractivity (Wildman–Crippen MR) is 156 cm³/mol. The summed E-state index contributed by atoms with van der Waals surface area (Å²) in [5, 5.41) is 5.08. The lowest BCUT2D eigenvalue weighted by Crippen LogP contribution is -2.21. The molecular formula is C29H38Cl2N2O6. The molecule has 0 saturated heterocycles. The Morgan fingerprint density at radius 3 is 2.15 bits per heavy atom. The van der Waals surface area contributed by atoms with Crippen LogP contribution in [-0.4, -0.2) is 44.5 Å². The topological polar surface area (TPSA) is 111 Å². The fourth-order valence-corrected chi connectivity index (χ4v) is 3.70. The average molecular weight is 582 g/mol. The molecule has 214 valence electrons. The maximum Gasteiger partial charge on any atom is 0.325 e. The number of anilines is 1. The van der Waals surface area contributed by atoms with Crippen molar-refractivity contribution in [2.24, 2.45) is 5.92 Å². The standard InChI is InChI=1S/C14H13Cl2NO.C11H18O2.C4H7NO3/c1-4-12(16)13(10(3)15)14(18)17-11-7-5-9(2)6-8-11;1-3-9-5-7-10(8-6-9)11(12)13-4-2;1-8-4(7)2-5-3-6/h4-8H,1,3H2,2H3,(H,17,18);3,10H,4-8H2,1-2H3;3H,2H2,1H3,(H,5,6)/b13-12-;;. The summed E-state index contributed by atoms with van der Waals surface area (Å²) in [5.74, 6) is -0.706.